The van der Waals surface area contributed by atoms with E-state index in [2.05, 4.69) is 0 Å². The zero-order valence-corrected chi connectivity index (χ0v) is 16.8. The monoisotopic (exact) mass is 443 g/mol. The van der Waals surface area contributed by atoms with Crippen molar-refractivity contribution in [3.8, 4) is 6.07 Å². The largest absolute Gasteiger partial charge is 0.416 e. The van der Waals surface area contributed by atoms with Gasteiger partial charge >= 0.3 is 6.18 Å². The van der Waals surface area contributed by atoms with Crippen LogP contribution in [0.5, 0.6) is 0 Å². The Kier molecular flexibility index (Phi) is 6.73. The first-order valence-corrected chi connectivity index (χ1v) is 9.71. The van der Waals surface area contributed by atoms with Gasteiger partial charge < -0.3 is 0 Å². The maximum Gasteiger partial charge on any atom is 0.416 e. The van der Waals surface area contributed by atoms with Gasteiger partial charge in [-0.3, -0.25) is 4.79 Å². The van der Waals surface area contributed by atoms with E-state index in [-0.39, 0.29) is 18.4 Å². The Balaban J connectivity index is 2.31. The highest BCUT2D eigenvalue weighted by molar-refractivity contribution is 5.82. The third-order valence-corrected chi connectivity index (χ3v) is 5.30. The van der Waals surface area contributed by atoms with Crippen LogP contribution in [-0.4, -0.2) is 5.78 Å². The van der Waals surface area contributed by atoms with Gasteiger partial charge in [0.15, 0.2) is 0 Å². The highest BCUT2D eigenvalue weighted by Crippen LogP contribution is 2.42. The van der Waals surface area contributed by atoms with E-state index in [0.717, 1.165) is 24.3 Å². The fraction of sp³-hybridized carbons (Fsp3) is 0.200. The Morgan fingerprint density at radius 3 is 2.03 bits per heavy atom. The number of carbonyl (C=O) groups excluding carboxylic acids is 1. The fourth-order valence-electron chi connectivity index (χ4n) is 3.87. The quantitative estimate of drug-likeness (QED) is 0.397. The lowest BCUT2D eigenvalue weighted by Crippen LogP contribution is -2.34. The summed E-state index contributed by atoms with van der Waals surface area (Å²) in [6.07, 6.45) is -5.59. The van der Waals surface area contributed by atoms with E-state index in [9.17, 15) is 26.7 Å². The molecule has 0 aliphatic rings. The van der Waals surface area contributed by atoms with Crippen LogP contribution in [0.15, 0.2) is 72.8 Å². The second kappa shape index (κ2) is 9.31. The summed E-state index contributed by atoms with van der Waals surface area (Å²) < 4.78 is 68.5. The predicted molar refractivity (Wildman–Crippen MR) is 109 cm³/mol. The normalized spacial score (nSPS) is 13.2. The third kappa shape index (κ3) is 5.20. The molecule has 2 nitrogen and oxygen atoms in total. The van der Waals surface area contributed by atoms with Crippen LogP contribution in [0, 0.1) is 23.0 Å². The lowest BCUT2D eigenvalue weighted by Gasteiger charge is -2.35. The molecule has 3 rings (SSSR count). The van der Waals surface area contributed by atoms with Crippen LogP contribution in [0.2, 0.25) is 0 Å². The van der Waals surface area contributed by atoms with Gasteiger partial charge in [-0.15, -0.1) is 0 Å². The number of hydrogen-bond acceptors (Lipinski definition) is 2. The summed E-state index contributed by atoms with van der Waals surface area (Å²) >= 11 is 0. The first-order valence-electron chi connectivity index (χ1n) is 9.71. The molecular weight excluding hydrogens is 425 g/mol. The van der Waals surface area contributed by atoms with E-state index < -0.39 is 41.0 Å². The van der Waals surface area contributed by atoms with Crippen LogP contribution in [0.25, 0.3) is 0 Å². The van der Waals surface area contributed by atoms with Crippen LogP contribution in [0.4, 0.5) is 22.0 Å². The summed E-state index contributed by atoms with van der Waals surface area (Å²) in [5.41, 5.74) is -1.70. The molecule has 0 N–H and O–H groups in total. The second-order valence-electron chi connectivity index (χ2n) is 7.53. The summed E-state index contributed by atoms with van der Waals surface area (Å²) in [6.45, 7) is 0. The predicted octanol–water partition coefficient (Wildman–Crippen LogP) is 6.39. The van der Waals surface area contributed by atoms with Crippen molar-refractivity contribution >= 4 is 5.78 Å². The minimum atomic E-state index is -4.81. The number of ketones is 1. The van der Waals surface area contributed by atoms with E-state index in [1.54, 1.807) is 36.4 Å². The highest BCUT2D eigenvalue weighted by Gasteiger charge is 2.40. The van der Waals surface area contributed by atoms with Crippen molar-refractivity contribution in [1.29, 1.82) is 5.26 Å². The Morgan fingerprint density at radius 2 is 1.44 bits per heavy atom. The van der Waals surface area contributed by atoms with Gasteiger partial charge in [0.05, 0.1) is 18.1 Å². The number of nitrogens with zero attached hydrogens (tertiary/aromatic N) is 1. The SMILES string of the molecule is N#CCC(=O)C[C@](Cc1ccccc1)(c1ccc(F)cc1)c1cc(F)cc(C(F)(F)F)c1. The Bertz CT molecular complexity index is 1130. The van der Waals surface area contributed by atoms with Crippen LogP contribution in [0.3, 0.4) is 0 Å². The number of benzene rings is 3. The lowest BCUT2D eigenvalue weighted by molar-refractivity contribution is -0.137. The molecule has 0 saturated carbocycles. The summed E-state index contributed by atoms with van der Waals surface area (Å²) in [7, 11) is 0. The Hall–Kier alpha value is -3.53. The molecule has 0 spiro atoms. The molecule has 0 aliphatic heterocycles. The van der Waals surface area contributed by atoms with Crippen molar-refractivity contribution in [2.45, 2.75) is 30.9 Å². The van der Waals surface area contributed by atoms with Gasteiger partial charge in [0.1, 0.15) is 17.4 Å². The van der Waals surface area contributed by atoms with Gasteiger partial charge in [0, 0.05) is 11.8 Å². The second-order valence-corrected chi connectivity index (χ2v) is 7.53. The number of halogens is 5. The number of rotatable bonds is 7. The molecule has 32 heavy (non-hydrogen) atoms. The van der Waals surface area contributed by atoms with Crippen molar-refractivity contribution < 1.29 is 26.7 Å². The molecule has 0 unspecified atom stereocenters. The van der Waals surface area contributed by atoms with Crippen molar-refractivity contribution in [2.24, 2.45) is 0 Å². The standard InChI is InChI=1S/C25H18F5NO/c26-21-8-6-18(7-9-21)24(16-23(32)10-11-31,15-17-4-2-1-3-5-17)19-12-20(25(28,29)30)14-22(27)13-19/h1-9,12-14H,10,15-16H2/t24-/m1/s1. The van der Waals surface area contributed by atoms with Crippen molar-refractivity contribution in [2.75, 3.05) is 0 Å². The van der Waals surface area contributed by atoms with Gasteiger partial charge in [0.25, 0.3) is 0 Å². The molecule has 3 aromatic carbocycles. The molecule has 0 saturated heterocycles. The highest BCUT2D eigenvalue weighted by atomic mass is 19.4. The molecule has 164 valence electrons. The van der Waals surface area contributed by atoms with E-state index in [0.29, 0.717) is 17.2 Å². The number of carbonyl (C=O) groups is 1. The minimum absolute atomic E-state index is 0.0391. The van der Waals surface area contributed by atoms with Crippen LogP contribution >= 0.6 is 0 Å². The van der Waals surface area contributed by atoms with Crippen LogP contribution in [-0.2, 0) is 22.8 Å². The maximum atomic E-state index is 14.4. The average molecular weight is 443 g/mol. The van der Waals surface area contributed by atoms with Gasteiger partial charge in [-0.05, 0) is 53.4 Å². The van der Waals surface area contributed by atoms with Gasteiger partial charge in [-0.1, -0.05) is 42.5 Å². The van der Waals surface area contributed by atoms with Crippen molar-refractivity contribution in [3.05, 3.63) is 107 Å². The number of nitriles is 1. The smallest absolute Gasteiger partial charge is 0.299 e. The minimum Gasteiger partial charge on any atom is -0.299 e. The fourth-order valence-corrected chi connectivity index (χ4v) is 3.87. The molecule has 0 aliphatic carbocycles. The van der Waals surface area contributed by atoms with Gasteiger partial charge in [0.2, 0.25) is 0 Å². The number of Topliss-reactive ketones (excluding diaryl/α,β-unsaturated/α-hetero) is 1. The number of alkyl halides is 3. The van der Waals surface area contributed by atoms with E-state index in [1.807, 2.05) is 0 Å². The summed E-state index contributed by atoms with van der Waals surface area (Å²) in [5.74, 6) is -2.20. The molecule has 3 aromatic rings. The van der Waals surface area contributed by atoms with Crippen molar-refractivity contribution in [1.82, 2.24) is 0 Å². The molecule has 0 bridgehead atoms. The van der Waals surface area contributed by atoms with E-state index >= 15 is 0 Å². The zero-order valence-electron chi connectivity index (χ0n) is 16.8. The summed E-state index contributed by atoms with van der Waals surface area (Å²) in [5, 5.41) is 8.97. The molecule has 0 amide bonds. The molecular formula is C25H18F5NO. The maximum absolute atomic E-state index is 14.4. The molecule has 7 heteroatoms. The molecule has 1 atom stereocenters. The Morgan fingerprint density at radius 1 is 0.812 bits per heavy atom. The Labute approximate surface area is 181 Å². The lowest BCUT2D eigenvalue weighted by atomic mass is 9.67. The summed E-state index contributed by atoms with van der Waals surface area (Å²) in [4.78, 5) is 12.6. The van der Waals surface area contributed by atoms with Gasteiger partial charge in [-0.25, -0.2) is 8.78 Å². The zero-order chi connectivity index (χ0) is 23.4. The van der Waals surface area contributed by atoms with E-state index in [1.165, 1.54) is 12.1 Å². The molecule has 0 fully saturated rings. The molecule has 0 aromatic heterocycles. The van der Waals surface area contributed by atoms with Gasteiger partial charge in [-0.2, -0.15) is 18.4 Å². The first kappa shape index (κ1) is 23.1. The number of hydrogen-bond donors (Lipinski definition) is 0. The van der Waals surface area contributed by atoms with E-state index in [4.69, 9.17) is 5.26 Å². The topological polar surface area (TPSA) is 40.9 Å². The van der Waals surface area contributed by atoms with Crippen LogP contribution < -0.4 is 0 Å². The van der Waals surface area contributed by atoms with Crippen molar-refractivity contribution in [3.63, 3.8) is 0 Å². The average Bonchev–Trinajstić information content (AvgIpc) is 2.73. The van der Waals surface area contributed by atoms with Crippen LogP contribution in [0.1, 0.15) is 35.1 Å². The molecule has 0 radical (unpaired) electrons. The molecule has 0 heterocycles. The third-order valence-electron chi connectivity index (χ3n) is 5.30. The summed E-state index contributed by atoms with van der Waals surface area (Å²) in [6, 6.07) is 17.6. The first-order chi connectivity index (χ1) is 15.1.